The molecule has 0 radical (unpaired) electrons. The van der Waals surface area contributed by atoms with E-state index in [1.807, 2.05) is 13.8 Å². The Bertz CT molecular complexity index is 431. The van der Waals surface area contributed by atoms with Gasteiger partial charge in [-0.3, -0.25) is 4.79 Å². The zero-order valence-electron chi connectivity index (χ0n) is 12.2. The molecule has 0 aliphatic carbocycles. The van der Waals surface area contributed by atoms with Crippen molar-refractivity contribution in [3.05, 3.63) is 35.4 Å². The van der Waals surface area contributed by atoms with Crippen molar-refractivity contribution < 1.29 is 13.6 Å². The van der Waals surface area contributed by atoms with Crippen molar-refractivity contribution in [3.63, 3.8) is 0 Å². The predicted octanol–water partition coefficient (Wildman–Crippen LogP) is 2.92. The number of nitrogens with one attached hydrogen (secondary N) is 2. The molecule has 0 aromatic heterocycles. The molecule has 2 N–H and O–H groups in total. The molecule has 1 amide bonds. The highest BCUT2D eigenvalue weighted by Gasteiger charge is 2.15. The Labute approximate surface area is 118 Å². The predicted molar refractivity (Wildman–Crippen MR) is 75.3 cm³/mol. The fourth-order valence-electron chi connectivity index (χ4n) is 1.88. The summed E-state index contributed by atoms with van der Waals surface area (Å²) in [5.74, 6) is -1.21. The summed E-state index contributed by atoms with van der Waals surface area (Å²) in [5, 5.41) is 5.80. The number of benzene rings is 1. The molecular weight excluding hydrogens is 262 g/mol. The Kier molecular flexibility index (Phi) is 6.58. The van der Waals surface area contributed by atoms with Gasteiger partial charge in [0.25, 0.3) is 0 Å². The van der Waals surface area contributed by atoms with Crippen molar-refractivity contribution in [1.29, 1.82) is 0 Å². The molecule has 0 saturated heterocycles. The molecule has 5 heteroatoms. The van der Waals surface area contributed by atoms with Crippen LogP contribution in [-0.2, 0) is 4.79 Å². The van der Waals surface area contributed by atoms with E-state index in [0.717, 1.165) is 6.42 Å². The molecule has 2 atom stereocenters. The summed E-state index contributed by atoms with van der Waals surface area (Å²) < 4.78 is 27.1. The van der Waals surface area contributed by atoms with Crippen LogP contribution in [0.1, 0.15) is 45.2 Å². The van der Waals surface area contributed by atoms with Gasteiger partial charge in [0.2, 0.25) is 5.91 Å². The minimum Gasteiger partial charge on any atom is -0.354 e. The van der Waals surface area contributed by atoms with E-state index in [0.29, 0.717) is 6.54 Å². The molecule has 0 aliphatic heterocycles. The number of hydrogen-bond donors (Lipinski definition) is 2. The van der Waals surface area contributed by atoms with E-state index in [9.17, 15) is 13.6 Å². The van der Waals surface area contributed by atoms with E-state index in [4.69, 9.17) is 0 Å². The summed E-state index contributed by atoms with van der Waals surface area (Å²) in [7, 11) is 0. The minimum atomic E-state index is -0.575. The lowest BCUT2D eigenvalue weighted by Crippen LogP contribution is -2.34. The molecule has 0 spiro atoms. The summed E-state index contributed by atoms with van der Waals surface area (Å²) in [6, 6.07) is 3.45. The van der Waals surface area contributed by atoms with Gasteiger partial charge in [-0.1, -0.05) is 13.0 Å². The van der Waals surface area contributed by atoms with Gasteiger partial charge in [-0.25, -0.2) is 8.78 Å². The highest BCUT2D eigenvalue weighted by Crippen LogP contribution is 2.19. The normalized spacial score (nSPS) is 13.8. The summed E-state index contributed by atoms with van der Waals surface area (Å²) in [5.41, 5.74) is 0.00911. The van der Waals surface area contributed by atoms with Crippen LogP contribution in [0.4, 0.5) is 8.78 Å². The first-order valence-corrected chi connectivity index (χ1v) is 6.92. The van der Waals surface area contributed by atoms with Crippen molar-refractivity contribution in [3.8, 4) is 0 Å². The Morgan fingerprint density at radius 2 is 1.85 bits per heavy atom. The molecule has 0 fully saturated rings. The lowest BCUT2D eigenvalue weighted by Gasteiger charge is -2.16. The molecule has 0 aliphatic rings. The fourth-order valence-corrected chi connectivity index (χ4v) is 1.88. The Morgan fingerprint density at radius 1 is 1.25 bits per heavy atom. The Hall–Kier alpha value is -1.49. The Morgan fingerprint density at radius 3 is 2.40 bits per heavy atom. The molecule has 112 valence electrons. The topological polar surface area (TPSA) is 41.1 Å². The second-order valence-corrected chi connectivity index (χ2v) is 4.94. The molecule has 1 aromatic carbocycles. The molecule has 1 aromatic rings. The van der Waals surface area contributed by atoms with Crippen LogP contribution in [0, 0.1) is 11.6 Å². The third kappa shape index (κ3) is 4.89. The SMILES string of the molecule is CCC(C)NC(=O)CCNC(C)c1c(F)cccc1F. The van der Waals surface area contributed by atoms with Gasteiger partial charge in [-0.2, -0.15) is 0 Å². The van der Waals surface area contributed by atoms with Crippen LogP contribution in [0.25, 0.3) is 0 Å². The molecule has 0 saturated carbocycles. The largest absolute Gasteiger partial charge is 0.354 e. The van der Waals surface area contributed by atoms with E-state index >= 15 is 0 Å². The van der Waals surface area contributed by atoms with Gasteiger partial charge in [0.05, 0.1) is 0 Å². The maximum Gasteiger partial charge on any atom is 0.221 e. The van der Waals surface area contributed by atoms with Gasteiger partial charge >= 0.3 is 0 Å². The summed E-state index contributed by atoms with van der Waals surface area (Å²) in [6.45, 7) is 5.97. The van der Waals surface area contributed by atoms with E-state index in [2.05, 4.69) is 10.6 Å². The van der Waals surface area contributed by atoms with Gasteiger partial charge in [-0.05, 0) is 32.4 Å². The first kappa shape index (κ1) is 16.6. The van der Waals surface area contributed by atoms with E-state index < -0.39 is 17.7 Å². The maximum absolute atomic E-state index is 13.5. The average Bonchev–Trinajstić information content (AvgIpc) is 2.38. The lowest BCUT2D eigenvalue weighted by molar-refractivity contribution is -0.121. The zero-order valence-corrected chi connectivity index (χ0v) is 12.2. The van der Waals surface area contributed by atoms with Crippen LogP contribution in [-0.4, -0.2) is 18.5 Å². The number of halogens is 2. The lowest BCUT2D eigenvalue weighted by atomic mass is 10.1. The molecule has 3 nitrogen and oxygen atoms in total. The highest BCUT2D eigenvalue weighted by atomic mass is 19.1. The van der Waals surface area contributed by atoms with Crippen molar-refractivity contribution in [1.82, 2.24) is 10.6 Å². The van der Waals surface area contributed by atoms with Gasteiger partial charge in [0.1, 0.15) is 11.6 Å². The van der Waals surface area contributed by atoms with Crippen LogP contribution >= 0.6 is 0 Å². The molecule has 0 bridgehead atoms. The first-order chi connectivity index (χ1) is 9.45. The van der Waals surface area contributed by atoms with Crippen LogP contribution in [0.15, 0.2) is 18.2 Å². The third-order valence-corrected chi connectivity index (χ3v) is 3.26. The van der Waals surface area contributed by atoms with Gasteiger partial charge < -0.3 is 10.6 Å². The fraction of sp³-hybridized carbons (Fsp3) is 0.533. The number of carbonyl (C=O) groups is 1. The number of rotatable bonds is 7. The highest BCUT2D eigenvalue weighted by molar-refractivity contribution is 5.76. The van der Waals surface area contributed by atoms with Crippen molar-refractivity contribution >= 4 is 5.91 Å². The van der Waals surface area contributed by atoms with Crippen LogP contribution in [0.5, 0.6) is 0 Å². The van der Waals surface area contributed by atoms with Gasteiger partial charge in [0, 0.05) is 30.6 Å². The summed E-state index contributed by atoms with van der Waals surface area (Å²) in [4.78, 5) is 11.6. The van der Waals surface area contributed by atoms with Crippen LogP contribution in [0.2, 0.25) is 0 Å². The zero-order chi connectivity index (χ0) is 15.1. The minimum absolute atomic E-state index is 0.00911. The number of carbonyl (C=O) groups excluding carboxylic acids is 1. The maximum atomic E-state index is 13.5. The quantitative estimate of drug-likeness (QED) is 0.808. The first-order valence-electron chi connectivity index (χ1n) is 6.92. The van der Waals surface area contributed by atoms with Gasteiger partial charge in [-0.15, -0.1) is 0 Å². The molecule has 1 rings (SSSR count). The van der Waals surface area contributed by atoms with Crippen molar-refractivity contribution in [2.45, 2.75) is 45.7 Å². The number of amides is 1. The van der Waals surface area contributed by atoms with E-state index in [-0.39, 0.29) is 23.9 Å². The van der Waals surface area contributed by atoms with Crippen LogP contribution < -0.4 is 10.6 Å². The second-order valence-electron chi connectivity index (χ2n) is 4.94. The molecule has 20 heavy (non-hydrogen) atoms. The third-order valence-electron chi connectivity index (χ3n) is 3.26. The summed E-state index contributed by atoms with van der Waals surface area (Å²) in [6.07, 6.45) is 1.15. The monoisotopic (exact) mass is 284 g/mol. The van der Waals surface area contributed by atoms with E-state index in [1.165, 1.54) is 18.2 Å². The Balaban J connectivity index is 2.44. The van der Waals surface area contributed by atoms with E-state index in [1.54, 1.807) is 6.92 Å². The standard InChI is InChI=1S/C15H22F2N2O/c1-4-10(2)19-14(20)8-9-18-11(3)15-12(16)6-5-7-13(15)17/h5-7,10-11,18H,4,8-9H2,1-3H3,(H,19,20). The van der Waals surface area contributed by atoms with Gasteiger partial charge in [0.15, 0.2) is 0 Å². The second kappa shape index (κ2) is 7.94. The van der Waals surface area contributed by atoms with Crippen molar-refractivity contribution in [2.24, 2.45) is 0 Å². The van der Waals surface area contributed by atoms with Crippen LogP contribution in [0.3, 0.4) is 0 Å². The average molecular weight is 284 g/mol. The molecular formula is C15H22F2N2O. The summed E-state index contributed by atoms with van der Waals surface area (Å²) >= 11 is 0. The molecule has 0 heterocycles. The molecule has 2 unspecified atom stereocenters. The number of hydrogen-bond acceptors (Lipinski definition) is 2. The smallest absolute Gasteiger partial charge is 0.221 e. The van der Waals surface area contributed by atoms with Crippen molar-refractivity contribution in [2.75, 3.05) is 6.54 Å².